The standard InChI is InChI=1S/C13H16N4S/c1-2-15-13(18)16-12-6-4-3-5-11(12)9-17-8-7-14-10-17/h3-8,10H,2,9H2,1H3,(H2,15,16,18). The molecule has 0 bridgehead atoms. The van der Waals surface area contributed by atoms with Gasteiger partial charge in [-0.15, -0.1) is 0 Å². The molecule has 2 aromatic rings. The summed E-state index contributed by atoms with van der Waals surface area (Å²) in [5.74, 6) is 0. The van der Waals surface area contributed by atoms with Crippen molar-refractivity contribution in [2.75, 3.05) is 11.9 Å². The van der Waals surface area contributed by atoms with Crippen LogP contribution < -0.4 is 10.6 Å². The van der Waals surface area contributed by atoms with Crippen molar-refractivity contribution in [2.24, 2.45) is 0 Å². The van der Waals surface area contributed by atoms with E-state index in [1.54, 1.807) is 12.5 Å². The van der Waals surface area contributed by atoms with E-state index in [4.69, 9.17) is 12.2 Å². The summed E-state index contributed by atoms with van der Waals surface area (Å²) in [5.41, 5.74) is 2.20. The third-order valence-electron chi connectivity index (χ3n) is 2.52. The number of nitrogens with one attached hydrogen (secondary N) is 2. The third-order valence-corrected chi connectivity index (χ3v) is 2.76. The zero-order chi connectivity index (χ0) is 12.8. The van der Waals surface area contributed by atoms with E-state index in [1.165, 1.54) is 5.56 Å². The van der Waals surface area contributed by atoms with Crippen LogP contribution in [0.15, 0.2) is 43.0 Å². The predicted molar refractivity (Wildman–Crippen MR) is 77.7 cm³/mol. The molecule has 5 heteroatoms. The van der Waals surface area contributed by atoms with Gasteiger partial charge >= 0.3 is 0 Å². The first-order valence-corrected chi connectivity index (χ1v) is 6.29. The summed E-state index contributed by atoms with van der Waals surface area (Å²) in [4.78, 5) is 4.04. The van der Waals surface area contributed by atoms with Crippen LogP contribution in [0.4, 0.5) is 5.69 Å². The molecule has 4 nitrogen and oxygen atoms in total. The summed E-state index contributed by atoms with van der Waals surface area (Å²) in [6, 6.07) is 8.12. The average Bonchev–Trinajstić information content (AvgIpc) is 2.85. The number of rotatable bonds is 4. The Kier molecular flexibility index (Phi) is 4.30. The normalized spacial score (nSPS) is 10.1. The second-order valence-electron chi connectivity index (χ2n) is 3.88. The van der Waals surface area contributed by atoms with Gasteiger partial charge in [-0.05, 0) is 30.8 Å². The quantitative estimate of drug-likeness (QED) is 0.827. The third kappa shape index (κ3) is 3.30. The number of benzene rings is 1. The molecule has 0 fully saturated rings. The maximum atomic E-state index is 5.20. The monoisotopic (exact) mass is 260 g/mol. The highest BCUT2D eigenvalue weighted by atomic mass is 32.1. The Morgan fingerprint density at radius 1 is 1.39 bits per heavy atom. The van der Waals surface area contributed by atoms with Gasteiger partial charge in [0.25, 0.3) is 0 Å². The first-order valence-electron chi connectivity index (χ1n) is 5.88. The summed E-state index contributed by atoms with van der Waals surface area (Å²) >= 11 is 5.20. The van der Waals surface area contributed by atoms with Crippen LogP contribution in [-0.2, 0) is 6.54 Å². The number of anilines is 1. The molecule has 0 spiro atoms. The fraction of sp³-hybridized carbons (Fsp3) is 0.231. The first kappa shape index (κ1) is 12.6. The molecule has 2 rings (SSSR count). The second kappa shape index (κ2) is 6.16. The van der Waals surface area contributed by atoms with Crippen molar-refractivity contribution >= 4 is 23.0 Å². The molecule has 18 heavy (non-hydrogen) atoms. The highest BCUT2D eigenvalue weighted by Crippen LogP contribution is 2.16. The van der Waals surface area contributed by atoms with Crippen LogP contribution in [0.1, 0.15) is 12.5 Å². The number of para-hydroxylation sites is 1. The van der Waals surface area contributed by atoms with E-state index in [-0.39, 0.29) is 0 Å². The highest BCUT2D eigenvalue weighted by Gasteiger charge is 2.03. The Balaban J connectivity index is 2.12. The summed E-state index contributed by atoms with van der Waals surface area (Å²) in [5, 5.41) is 6.94. The molecule has 0 unspecified atom stereocenters. The van der Waals surface area contributed by atoms with Crippen molar-refractivity contribution < 1.29 is 0 Å². The molecule has 0 aliphatic carbocycles. The minimum Gasteiger partial charge on any atom is -0.363 e. The molecule has 1 heterocycles. The minimum absolute atomic E-state index is 0.649. The van der Waals surface area contributed by atoms with Crippen molar-refractivity contribution in [1.29, 1.82) is 0 Å². The molecule has 0 saturated carbocycles. The van der Waals surface area contributed by atoms with Crippen LogP contribution in [0.5, 0.6) is 0 Å². The Hall–Kier alpha value is -1.88. The summed E-state index contributed by atoms with van der Waals surface area (Å²) in [6.07, 6.45) is 5.53. The molecule has 0 atom stereocenters. The zero-order valence-electron chi connectivity index (χ0n) is 10.3. The fourth-order valence-corrected chi connectivity index (χ4v) is 1.94. The Morgan fingerprint density at radius 3 is 2.94 bits per heavy atom. The molecular weight excluding hydrogens is 244 g/mol. The maximum absolute atomic E-state index is 5.20. The van der Waals surface area contributed by atoms with E-state index < -0.39 is 0 Å². The first-order chi connectivity index (χ1) is 8.79. The van der Waals surface area contributed by atoms with Crippen molar-refractivity contribution in [3.63, 3.8) is 0 Å². The number of hydrogen-bond donors (Lipinski definition) is 2. The Morgan fingerprint density at radius 2 is 2.22 bits per heavy atom. The van der Waals surface area contributed by atoms with Crippen LogP contribution in [0.2, 0.25) is 0 Å². The predicted octanol–water partition coefficient (Wildman–Crippen LogP) is 2.24. The van der Waals surface area contributed by atoms with Gasteiger partial charge < -0.3 is 15.2 Å². The molecule has 1 aromatic carbocycles. The number of hydrogen-bond acceptors (Lipinski definition) is 2. The lowest BCUT2D eigenvalue weighted by Gasteiger charge is -2.13. The van der Waals surface area contributed by atoms with E-state index in [1.807, 2.05) is 35.9 Å². The van der Waals surface area contributed by atoms with E-state index in [0.29, 0.717) is 5.11 Å². The van der Waals surface area contributed by atoms with Gasteiger partial charge in [0.2, 0.25) is 0 Å². The SMILES string of the molecule is CCNC(=S)Nc1ccccc1Cn1ccnc1. The van der Waals surface area contributed by atoms with Gasteiger partial charge in [-0.2, -0.15) is 0 Å². The van der Waals surface area contributed by atoms with Gasteiger partial charge in [-0.1, -0.05) is 18.2 Å². The van der Waals surface area contributed by atoms with Crippen molar-refractivity contribution in [2.45, 2.75) is 13.5 Å². The molecule has 0 amide bonds. The largest absolute Gasteiger partial charge is 0.363 e. The van der Waals surface area contributed by atoms with Crippen LogP contribution >= 0.6 is 12.2 Å². The lowest BCUT2D eigenvalue weighted by atomic mass is 10.2. The van der Waals surface area contributed by atoms with Crippen molar-refractivity contribution in [3.05, 3.63) is 48.5 Å². The van der Waals surface area contributed by atoms with Gasteiger partial charge in [0.1, 0.15) is 0 Å². The topological polar surface area (TPSA) is 41.9 Å². The molecular formula is C13H16N4S. The van der Waals surface area contributed by atoms with E-state index in [9.17, 15) is 0 Å². The van der Waals surface area contributed by atoms with Gasteiger partial charge in [0, 0.05) is 24.6 Å². The summed E-state index contributed by atoms with van der Waals surface area (Å²) < 4.78 is 2.02. The van der Waals surface area contributed by atoms with Gasteiger partial charge in [0.05, 0.1) is 12.9 Å². The second-order valence-corrected chi connectivity index (χ2v) is 4.28. The van der Waals surface area contributed by atoms with E-state index in [0.717, 1.165) is 18.8 Å². The lowest BCUT2D eigenvalue weighted by Crippen LogP contribution is -2.28. The molecule has 0 aliphatic rings. The summed E-state index contributed by atoms with van der Waals surface area (Å²) in [7, 11) is 0. The maximum Gasteiger partial charge on any atom is 0.170 e. The fourth-order valence-electron chi connectivity index (χ4n) is 1.68. The summed E-state index contributed by atoms with van der Waals surface area (Å²) in [6.45, 7) is 3.61. The van der Waals surface area contributed by atoms with Crippen molar-refractivity contribution in [1.82, 2.24) is 14.9 Å². The van der Waals surface area contributed by atoms with E-state index >= 15 is 0 Å². The highest BCUT2D eigenvalue weighted by molar-refractivity contribution is 7.80. The van der Waals surface area contributed by atoms with Crippen LogP contribution in [0.3, 0.4) is 0 Å². The number of thiocarbonyl (C=S) groups is 1. The molecule has 0 saturated heterocycles. The Labute approximate surface area is 112 Å². The smallest absolute Gasteiger partial charge is 0.170 e. The average molecular weight is 260 g/mol. The van der Waals surface area contributed by atoms with Crippen LogP contribution in [0, 0.1) is 0 Å². The number of nitrogens with zero attached hydrogens (tertiary/aromatic N) is 2. The van der Waals surface area contributed by atoms with E-state index in [2.05, 4.69) is 21.7 Å². The van der Waals surface area contributed by atoms with Gasteiger partial charge in [0.15, 0.2) is 5.11 Å². The molecule has 0 aliphatic heterocycles. The Bertz CT molecular complexity index is 507. The van der Waals surface area contributed by atoms with Gasteiger partial charge in [-0.25, -0.2) is 4.98 Å². The molecule has 2 N–H and O–H groups in total. The number of imidazole rings is 1. The van der Waals surface area contributed by atoms with Crippen molar-refractivity contribution in [3.8, 4) is 0 Å². The van der Waals surface area contributed by atoms with Crippen LogP contribution in [0.25, 0.3) is 0 Å². The van der Waals surface area contributed by atoms with Gasteiger partial charge in [-0.3, -0.25) is 0 Å². The number of aromatic nitrogens is 2. The van der Waals surface area contributed by atoms with Crippen LogP contribution in [-0.4, -0.2) is 21.2 Å². The molecule has 94 valence electrons. The zero-order valence-corrected chi connectivity index (χ0v) is 11.1. The lowest BCUT2D eigenvalue weighted by molar-refractivity contribution is 0.799. The minimum atomic E-state index is 0.649. The molecule has 1 aromatic heterocycles. The molecule has 0 radical (unpaired) electrons.